The van der Waals surface area contributed by atoms with Crippen LogP contribution in [-0.2, 0) is 11.3 Å². The number of terminal acetylenes is 1. The van der Waals surface area contributed by atoms with Crippen LogP contribution in [-0.4, -0.2) is 25.0 Å². The van der Waals surface area contributed by atoms with Gasteiger partial charge in [-0.25, -0.2) is 4.99 Å². The van der Waals surface area contributed by atoms with Gasteiger partial charge in [-0.15, -0.1) is 17.8 Å². The largest absolute Gasteiger partial charge is 0.357 e. The van der Waals surface area contributed by atoms with Crippen LogP contribution >= 0.6 is 11.3 Å². The SMILES string of the molecule is C#Cc1cccc(NC(=O)CN=C(NCC)NCc2cccs2)c1. The molecular formula is C18H20N4OS. The fourth-order valence-corrected chi connectivity index (χ4v) is 2.61. The summed E-state index contributed by atoms with van der Waals surface area (Å²) in [7, 11) is 0. The van der Waals surface area contributed by atoms with Crippen molar-refractivity contribution in [1.29, 1.82) is 0 Å². The number of rotatable bonds is 6. The molecule has 0 radical (unpaired) electrons. The smallest absolute Gasteiger partial charge is 0.246 e. The third-order valence-electron chi connectivity index (χ3n) is 3.05. The van der Waals surface area contributed by atoms with E-state index in [2.05, 4.69) is 26.9 Å². The number of aliphatic imine (C=N–C) groups is 1. The summed E-state index contributed by atoms with van der Waals surface area (Å²) >= 11 is 1.67. The molecule has 0 unspecified atom stereocenters. The Balaban J connectivity index is 1.89. The van der Waals surface area contributed by atoms with Gasteiger partial charge < -0.3 is 16.0 Å². The minimum atomic E-state index is -0.197. The normalized spacial score (nSPS) is 10.8. The lowest BCUT2D eigenvalue weighted by Crippen LogP contribution is -2.37. The van der Waals surface area contributed by atoms with Crippen LogP contribution in [0.25, 0.3) is 0 Å². The molecule has 0 saturated heterocycles. The van der Waals surface area contributed by atoms with Crippen molar-refractivity contribution in [2.24, 2.45) is 4.99 Å². The van der Waals surface area contributed by atoms with E-state index >= 15 is 0 Å². The number of thiophene rings is 1. The Hall–Kier alpha value is -2.78. The molecular weight excluding hydrogens is 320 g/mol. The summed E-state index contributed by atoms with van der Waals surface area (Å²) in [5.41, 5.74) is 1.39. The number of guanidine groups is 1. The standard InChI is InChI=1S/C18H20N4OS/c1-3-14-7-5-8-15(11-14)22-17(23)13-21-18(19-4-2)20-12-16-9-6-10-24-16/h1,5-11H,4,12-13H2,2H3,(H,22,23)(H2,19,20,21). The average molecular weight is 340 g/mol. The van der Waals surface area contributed by atoms with Gasteiger partial charge in [0, 0.05) is 22.7 Å². The van der Waals surface area contributed by atoms with Gasteiger partial charge in [-0.1, -0.05) is 18.1 Å². The van der Waals surface area contributed by atoms with E-state index in [9.17, 15) is 4.79 Å². The maximum atomic E-state index is 12.0. The van der Waals surface area contributed by atoms with Crippen molar-refractivity contribution >= 4 is 28.9 Å². The van der Waals surface area contributed by atoms with Crippen LogP contribution in [0.4, 0.5) is 5.69 Å². The average Bonchev–Trinajstić information content (AvgIpc) is 3.11. The van der Waals surface area contributed by atoms with Crippen LogP contribution in [0.15, 0.2) is 46.8 Å². The second-order valence-corrected chi connectivity index (χ2v) is 5.93. The number of anilines is 1. The Morgan fingerprint density at radius 2 is 2.17 bits per heavy atom. The zero-order valence-electron chi connectivity index (χ0n) is 13.5. The molecule has 0 aliphatic heterocycles. The molecule has 0 aliphatic rings. The molecule has 5 nitrogen and oxygen atoms in total. The van der Waals surface area contributed by atoms with Gasteiger partial charge in [0.1, 0.15) is 6.54 Å². The molecule has 0 atom stereocenters. The molecule has 124 valence electrons. The quantitative estimate of drug-likeness (QED) is 0.430. The van der Waals surface area contributed by atoms with Gasteiger partial charge in [0.15, 0.2) is 5.96 Å². The molecule has 2 rings (SSSR count). The lowest BCUT2D eigenvalue weighted by Gasteiger charge is -2.10. The van der Waals surface area contributed by atoms with Crippen molar-refractivity contribution in [3.63, 3.8) is 0 Å². The highest BCUT2D eigenvalue weighted by Crippen LogP contribution is 2.09. The van der Waals surface area contributed by atoms with Crippen LogP contribution in [0.5, 0.6) is 0 Å². The first-order valence-corrected chi connectivity index (χ1v) is 8.50. The summed E-state index contributed by atoms with van der Waals surface area (Å²) in [6.07, 6.45) is 5.35. The number of benzene rings is 1. The Bertz CT molecular complexity index is 732. The first kappa shape index (κ1) is 17.6. The van der Waals surface area contributed by atoms with Gasteiger partial charge in [-0.3, -0.25) is 4.79 Å². The van der Waals surface area contributed by atoms with Gasteiger partial charge in [-0.2, -0.15) is 0 Å². The zero-order chi connectivity index (χ0) is 17.2. The predicted octanol–water partition coefficient (Wildman–Crippen LogP) is 2.42. The maximum absolute atomic E-state index is 12.0. The molecule has 0 saturated carbocycles. The highest BCUT2D eigenvalue weighted by atomic mass is 32.1. The Kier molecular flexibility index (Phi) is 6.87. The fraction of sp³-hybridized carbons (Fsp3) is 0.222. The minimum Gasteiger partial charge on any atom is -0.357 e. The third kappa shape index (κ3) is 5.78. The van der Waals surface area contributed by atoms with E-state index in [0.29, 0.717) is 18.2 Å². The number of carbonyl (C=O) groups is 1. The number of nitrogens with zero attached hydrogens (tertiary/aromatic N) is 1. The molecule has 2 aromatic rings. The van der Waals surface area contributed by atoms with Gasteiger partial charge >= 0.3 is 0 Å². The first-order valence-electron chi connectivity index (χ1n) is 7.62. The van der Waals surface area contributed by atoms with E-state index in [1.807, 2.05) is 30.5 Å². The molecule has 6 heteroatoms. The molecule has 1 heterocycles. The van der Waals surface area contributed by atoms with Crippen LogP contribution < -0.4 is 16.0 Å². The van der Waals surface area contributed by atoms with Crippen LogP contribution in [0.1, 0.15) is 17.4 Å². The summed E-state index contributed by atoms with van der Waals surface area (Å²) in [5.74, 6) is 2.95. The van der Waals surface area contributed by atoms with E-state index in [1.165, 1.54) is 4.88 Å². The molecule has 3 N–H and O–H groups in total. The molecule has 1 aromatic carbocycles. The van der Waals surface area contributed by atoms with E-state index in [0.717, 1.165) is 12.1 Å². The van der Waals surface area contributed by atoms with E-state index in [-0.39, 0.29) is 12.5 Å². The summed E-state index contributed by atoms with van der Waals surface area (Å²) in [6.45, 7) is 3.41. The molecule has 0 fully saturated rings. The molecule has 1 amide bonds. The lowest BCUT2D eigenvalue weighted by atomic mass is 10.2. The zero-order valence-corrected chi connectivity index (χ0v) is 14.3. The van der Waals surface area contributed by atoms with Gasteiger partial charge in [0.05, 0.1) is 6.54 Å². The molecule has 0 aliphatic carbocycles. The van der Waals surface area contributed by atoms with Crippen molar-refractivity contribution in [3.05, 3.63) is 52.2 Å². The minimum absolute atomic E-state index is 0.0278. The van der Waals surface area contributed by atoms with Gasteiger partial charge in [-0.05, 0) is 36.6 Å². The van der Waals surface area contributed by atoms with E-state index in [4.69, 9.17) is 6.42 Å². The summed E-state index contributed by atoms with van der Waals surface area (Å²) in [5, 5.41) is 11.1. The molecule has 24 heavy (non-hydrogen) atoms. The maximum Gasteiger partial charge on any atom is 0.246 e. The number of nitrogens with one attached hydrogen (secondary N) is 3. The van der Waals surface area contributed by atoms with Gasteiger partial charge in [0.25, 0.3) is 0 Å². The summed E-state index contributed by atoms with van der Waals surface area (Å²) in [4.78, 5) is 17.5. The third-order valence-corrected chi connectivity index (χ3v) is 3.92. The fourth-order valence-electron chi connectivity index (χ4n) is 1.96. The van der Waals surface area contributed by atoms with E-state index in [1.54, 1.807) is 29.5 Å². The number of hydrogen-bond acceptors (Lipinski definition) is 3. The molecule has 0 spiro atoms. The monoisotopic (exact) mass is 340 g/mol. The lowest BCUT2D eigenvalue weighted by molar-refractivity contribution is -0.114. The van der Waals surface area contributed by atoms with E-state index < -0.39 is 0 Å². The van der Waals surface area contributed by atoms with Crippen LogP contribution in [0.3, 0.4) is 0 Å². The Morgan fingerprint density at radius 3 is 2.88 bits per heavy atom. The summed E-state index contributed by atoms with van der Waals surface area (Å²) < 4.78 is 0. The van der Waals surface area contributed by atoms with Gasteiger partial charge in [0.2, 0.25) is 5.91 Å². The highest BCUT2D eigenvalue weighted by molar-refractivity contribution is 7.09. The van der Waals surface area contributed by atoms with Crippen molar-refractivity contribution < 1.29 is 4.79 Å². The Morgan fingerprint density at radius 1 is 1.29 bits per heavy atom. The number of amides is 1. The molecule has 1 aromatic heterocycles. The number of carbonyl (C=O) groups excluding carboxylic acids is 1. The van der Waals surface area contributed by atoms with Crippen molar-refractivity contribution in [2.75, 3.05) is 18.4 Å². The van der Waals surface area contributed by atoms with Crippen molar-refractivity contribution in [2.45, 2.75) is 13.5 Å². The van der Waals surface area contributed by atoms with Crippen molar-refractivity contribution in [3.8, 4) is 12.3 Å². The number of hydrogen-bond donors (Lipinski definition) is 3. The van der Waals surface area contributed by atoms with Crippen LogP contribution in [0.2, 0.25) is 0 Å². The highest BCUT2D eigenvalue weighted by Gasteiger charge is 2.04. The first-order chi connectivity index (χ1) is 11.7. The predicted molar refractivity (Wildman–Crippen MR) is 100 cm³/mol. The topological polar surface area (TPSA) is 65.5 Å². The van der Waals surface area contributed by atoms with Crippen molar-refractivity contribution in [1.82, 2.24) is 10.6 Å². The summed E-state index contributed by atoms with van der Waals surface area (Å²) in [6, 6.07) is 11.2. The van der Waals surface area contributed by atoms with Crippen LogP contribution in [0, 0.1) is 12.3 Å². The second kappa shape index (κ2) is 9.38. The Labute approximate surface area is 146 Å². The molecule has 0 bridgehead atoms. The second-order valence-electron chi connectivity index (χ2n) is 4.90.